The van der Waals surface area contributed by atoms with Gasteiger partial charge in [-0.3, -0.25) is 4.57 Å². The normalized spacial score (nSPS) is 13.4. The minimum atomic E-state index is -2.24. The minimum Gasteiger partial charge on any atom is -0.396 e. The average molecular weight is 168 g/mol. The number of hydrogen-bond acceptors (Lipinski definition) is 4. The van der Waals surface area contributed by atoms with Crippen LogP contribution in [0.5, 0.6) is 0 Å². The summed E-state index contributed by atoms with van der Waals surface area (Å²) in [6.45, 7) is 0.545. The van der Waals surface area contributed by atoms with Gasteiger partial charge in [0.1, 0.15) is 0 Å². The summed E-state index contributed by atoms with van der Waals surface area (Å²) >= 11 is 0. The highest BCUT2D eigenvalue weighted by Crippen LogP contribution is 2.21. The second kappa shape index (κ2) is 7.22. The first-order valence-electron chi connectivity index (χ1n) is 3.13. The van der Waals surface area contributed by atoms with E-state index in [4.69, 9.17) is 9.63 Å². The molecule has 1 N–H and O–H groups in total. The van der Waals surface area contributed by atoms with Gasteiger partial charge in [-0.15, -0.1) is 0 Å². The molecule has 4 nitrogen and oxygen atoms in total. The molecule has 0 aromatic rings. The summed E-state index contributed by atoms with van der Waals surface area (Å²) in [5.41, 5.74) is 0. The first kappa shape index (κ1) is 10.1. The van der Waals surface area contributed by atoms with Gasteiger partial charge in [-0.1, -0.05) is 0 Å². The maximum absolute atomic E-state index is 10.5. The van der Waals surface area contributed by atoms with Crippen LogP contribution in [0.3, 0.4) is 0 Å². The molecule has 0 aliphatic heterocycles. The van der Waals surface area contributed by atoms with Gasteiger partial charge < -0.3 is 14.2 Å². The van der Waals surface area contributed by atoms with Crippen LogP contribution in [0.1, 0.15) is 12.8 Å². The highest BCUT2D eigenvalue weighted by Gasteiger charge is 1.93. The predicted octanol–water partition coefficient (Wildman–Crippen LogP) is 0.812. The van der Waals surface area contributed by atoms with Crippen LogP contribution < -0.4 is 0 Å². The van der Waals surface area contributed by atoms with E-state index in [0.29, 0.717) is 13.0 Å². The van der Waals surface area contributed by atoms with Gasteiger partial charge >= 0.3 is 8.25 Å². The zero-order chi connectivity index (χ0) is 7.82. The van der Waals surface area contributed by atoms with E-state index >= 15 is 0 Å². The van der Waals surface area contributed by atoms with Gasteiger partial charge in [-0.25, -0.2) is 0 Å². The molecule has 1 unspecified atom stereocenters. The second-order valence-corrected chi connectivity index (χ2v) is 2.93. The van der Waals surface area contributed by atoms with Gasteiger partial charge in [-0.2, -0.15) is 0 Å². The second-order valence-electron chi connectivity index (χ2n) is 1.73. The first-order chi connectivity index (χ1) is 4.81. The largest absolute Gasteiger partial charge is 0.396 e. The van der Waals surface area contributed by atoms with Crippen molar-refractivity contribution in [2.75, 3.05) is 20.3 Å². The quantitative estimate of drug-likeness (QED) is 0.471. The van der Waals surface area contributed by atoms with Crippen molar-refractivity contribution in [2.45, 2.75) is 12.8 Å². The highest BCUT2D eigenvalue weighted by atomic mass is 31.1. The van der Waals surface area contributed by atoms with E-state index in [1.807, 2.05) is 0 Å². The van der Waals surface area contributed by atoms with Crippen molar-refractivity contribution < 1.29 is 18.7 Å². The Bertz CT molecular complexity index is 95.6. The van der Waals surface area contributed by atoms with Gasteiger partial charge in [0.2, 0.25) is 0 Å². The molecule has 0 heterocycles. The van der Waals surface area contributed by atoms with E-state index in [-0.39, 0.29) is 6.61 Å². The Morgan fingerprint density at radius 2 is 2.20 bits per heavy atom. The summed E-state index contributed by atoms with van der Waals surface area (Å²) in [6.07, 6.45) is 1.40. The molecule has 10 heavy (non-hydrogen) atoms. The van der Waals surface area contributed by atoms with E-state index in [1.165, 1.54) is 7.11 Å². The third kappa shape index (κ3) is 6.23. The Hall–Kier alpha value is 0.110. The third-order valence-corrected chi connectivity index (χ3v) is 1.71. The number of hydrogen-bond donors (Lipinski definition) is 1. The molecule has 62 valence electrons. The van der Waals surface area contributed by atoms with Crippen molar-refractivity contribution in [3.05, 3.63) is 0 Å². The van der Waals surface area contributed by atoms with Crippen LogP contribution in [0.25, 0.3) is 0 Å². The molecule has 0 bridgehead atoms. The molecule has 0 fully saturated rings. The van der Waals surface area contributed by atoms with E-state index in [1.54, 1.807) is 0 Å². The van der Waals surface area contributed by atoms with Crippen molar-refractivity contribution in [3.63, 3.8) is 0 Å². The molecule has 0 rings (SSSR count). The van der Waals surface area contributed by atoms with Crippen LogP contribution >= 0.6 is 8.25 Å². The lowest BCUT2D eigenvalue weighted by molar-refractivity contribution is 0.231. The average Bonchev–Trinajstić information content (AvgIpc) is 1.98. The summed E-state index contributed by atoms with van der Waals surface area (Å²) in [7, 11) is -0.900. The molecule has 0 aliphatic carbocycles. The maximum atomic E-state index is 10.5. The summed E-state index contributed by atoms with van der Waals surface area (Å²) < 4.78 is 19.6. The number of unbranched alkanes of at least 4 members (excludes halogenated alkanes) is 1. The number of rotatable bonds is 6. The Morgan fingerprint density at radius 1 is 1.50 bits per heavy atom. The Kier molecular flexibility index (Phi) is 7.30. The van der Waals surface area contributed by atoms with Crippen molar-refractivity contribution in [2.24, 2.45) is 0 Å². The van der Waals surface area contributed by atoms with Crippen LogP contribution in [-0.2, 0) is 13.6 Å². The summed E-state index contributed by atoms with van der Waals surface area (Å²) in [5, 5.41) is 8.33. The van der Waals surface area contributed by atoms with Crippen LogP contribution in [-0.4, -0.2) is 25.4 Å². The van der Waals surface area contributed by atoms with Crippen molar-refractivity contribution >= 4 is 8.25 Å². The lowest BCUT2D eigenvalue weighted by atomic mass is 10.3. The van der Waals surface area contributed by atoms with Gasteiger partial charge in [-0.05, 0) is 12.8 Å². The fourth-order valence-electron chi connectivity index (χ4n) is 0.428. The molecule has 0 saturated heterocycles. The molecule has 0 aromatic carbocycles. The summed E-state index contributed by atoms with van der Waals surface area (Å²) in [4.78, 5) is 0. The minimum absolute atomic E-state index is 0.150. The van der Waals surface area contributed by atoms with E-state index in [9.17, 15) is 4.57 Å². The molecule has 1 atom stereocenters. The van der Waals surface area contributed by atoms with Crippen LogP contribution in [0.4, 0.5) is 0 Å². The summed E-state index contributed by atoms with van der Waals surface area (Å²) in [6, 6.07) is 0. The van der Waals surface area contributed by atoms with Gasteiger partial charge in [0.05, 0.1) is 6.61 Å². The molecule has 0 spiro atoms. The standard InChI is InChI=1S/C5H13O4P/c1-8-10(7)9-5-3-2-4-6/h6,10H,2-5H2,1H3. The fourth-order valence-corrected chi connectivity index (χ4v) is 0.857. The van der Waals surface area contributed by atoms with Gasteiger partial charge in [0.15, 0.2) is 0 Å². The first-order valence-corrected chi connectivity index (χ1v) is 4.35. The molecule has 0 aliphatic rings. The molecule has 0 radical (unpaired) electrons. The topological polar surface area (TPSA) is 55.8 Å². The van der Waals surface area contributed by atoms with Crippen LogP contribution in [0, 0.1) is 0 Å². The molecular formula is C5H13O4P. The monoisotopic (exact) mass is 168 g/mol. The molecular weight excluding hydrogens is 155 g/mol. The zero-order valence-electron chi connectivity index (χ0n) is 6.00. The van der Waals surface area contributed by atoms with Crippen LogP contribution in [0.15, 0.2) is 0 Å². The van der Waals surface area contributed by atoms with E-state index in [0.717, 1.165) is 6.42 Å². The number of aliphatic hydroxyl groups is 1. The smallest absolute Gasteiger partial charge is 0.318 e. The maximum Gasteiger partial charge on any atom is 0.318 e. The van der Waals surface area contributed by atoms with Crippen molar-refractivity contribution in [1.29, 1.82) is 0 Å². The predicted molar refractivity (Wildman–Crippen MR) is 38.3 cm³/mol. The highest BCUT2D eigenvalue weighted by molar-refractivity contribution is 7.33. The van der Waals surface area contributed by atoms with E-state index in [2.05, 4.69) is 4.52 Å². The molecule has 0 saturated carbocycles. The van der Waals surface area contributed by atoms with Gasteiger partial charge in [0.25, 0.3) is 0 Å². The van der Waals surface area contributed by atoms with Crippen molar-refractivity contribution in [3.8, 4) is 0 Å². The van der Waals surface area contributed by atoms with Crippen LogP contribution in [0.2, 0.25) is 0 Å². The lowest BCUT2D eigenvalue weighted by Crippen LogP contribution is -1.90. The molecule has 0 amide bonds. The SMILES string of the molecule is CO[PH](=O)OCCCCO. The lowest BCUT2D eigenvalue weighted by Gasteiger charge is -1.99. The summed E-state index contributed by atoms with van der Waals surface area (Å²) in [5.74, 6) is 0. The van der Waals surface area contributed by atoms with E-state index < -0.39 is 8.25 Å². The molecule has 0 aromatic heterocycles. The zero-order valence-corrected chi connectivity index (χ0v) is 7.00. The fraction of sp³-hybridized carbons (Fsp3) is 1.00. The third-order valence-electron chi connectivity index (χ3n) is 0.939. The molecule has 5 heteroatoms. The Labute approximate surface area is 61.1 Å². The Balaban J connectivity index is 2.96. The Morgan fingerprint density at radius 3 is 2.70 bits per heavy atom. The number of aliphatic hydroxyl groups excluding tert-OH is 1. The van der Waals surface area contributed by atoms with Gasteiger partial charge in [0, 0.05) is 13.7 Å². The van der Waals surface area contributed by atoms with Crippen molar-refractivity contribution in [1.82, 2.24) is 0 Å².